The molecule has 1 aliphatic heterocycles. The lowest BCUT2D eigenvalue weighted by molar-refractivity contribution is 0.171. The third kappa shape index (κ3) is 1.71. The first-order valence-electron chi connectivity index (χ1n) is 6.46. The molecule has 3 aromatic rings. The normalized spacial score (nSPS) is 12.8. The number of hydrogen-bond donors (Lipinski definition) is 1. The Labute approximate surface area is 120 Å². The van der Waals surface area contributed by atoms with Gasteiger partial charge in [0.05, 0.1) is 7.11 Å². The summed E-state index contributed by atoms with van der Waals surface area (Å²) < 4.78 is 21.9. The maximum atomic E-state index is 10.3. The molecule has 0 atom stereocenters. The number of hydrogen-bond acceptors (Lipinski definition) is 5. The average Bonchev–Trinajstić information content (AvgIpc) is 3.12. The van der Waals surface area contributed by atoms with Gasteiger partial charge in [-0.05, 0) is 12.1 Å². The van der Waals surface area contributed by atoms with Crippen LogP contribution in [0.15, 0.2) is 40.8 Å². The highest BCUT2D eigenvalue weighted by molar-refractivity contribution is 5.87. The van der Waals surface area contributed by atoms with E-state index in [1.54, 1.807) is 0 Å². The summed E-state index contributed by atoms with van der Waals surface area (Å²) in [6.07, 6.45) is 0. The lowest BCUT2D eigenvalue weighted by atomic mass is 10.1. The fourth-order valence-corrected chi connectivity index (χ4v) is 2.52. The number of methoxy groups -OCH3 is 1. The van der Waals surface area contributed by atoms with Crippen molar-refractivity contribution in [3.63, 3.8) is 0 Å². The van der Waals surface area contributed by atoms with Gasteiger partial charge in [-0.2, -0.15) is 0 Å². The van der Waals surface area contributed by atoms with Gasteiger partial charge in [0, 0.05) is 11.5 Å². The molecule has 0 fully saturated rings. The third-order valence-electron chi connectivity index (χ3n) is 3.48. The molecule has 0 aliphatic carbocycles. The first-order chi connectivity index (χ1) is 10.3. The number of fused-ring (bicyclic) bond motifs is 2. The number of phenolic OH excluding ortho intramolecular Hbond substituents is 1. The Morgan fingerprint density at radius 2 is 1.90 bits per heavy atom. The number of furan rings is 1. The molecule has 1 aliphatic rings. The SMILES string of the molecule is COc1cc(O)c(-c2cc3ccccc3o2)c2c1OCO2. The van der Waals surface area contributed by atoms with E-state index in [0.717, 1.165) is 11.0 Å². The molecule has 0 spiro atoms. The van der Waals surface area contributed by atoms with E-state index < -0.39 is 0 Å². The van der Waals surface area contributed by atoms with Gasteiger partial charge in [0.15, 0.2) is 11.5 Å². The van der Waals surface area contributed by atoms with Crippen LogP contribution >= 0.6 is 0 Å². The molecule has 5 nitrogen and oxygen atoms in total. The smallest absolute Gasteiger partial charge is 0.231 e. The zero-order valence-electron chi connectivity index (χ0n) is 11.3. The lowest BCUT2D eigenvalue weighted by Gasteiger charge is -2.09. The monoisotopic (exact) mass is 284 g/mol. The van der Waals surface area contributed by atoms with Crippen molar-refractivity contribution in [3.8, 4) is 34.3 Å². The maximum absolute atomic E-state index is 10.3. The summed E-state index contributed by atoms with van der Waals surface area (Å²) in [5.41, 5.74) is 1.22. The van der Waals surface area contributed by atoms with Crippen molar-refractivity contribution >= 4 is 11.0 Å². The molecule has 0 radical (unpaired) electrons. The fraction of sp³-hybridized carbons (Fsp3) is 0.125. The Hall–Kier alpha value is -2.82. The third-order valence-corrected chi connectivity index (χ3v) is 3.48. The van der Waals surface area contributed by atoms with E-state index in [0.29, 0.717) is 28.6 Å². The van der Waals surface area contributed by atoms with Gasteiger partial charge < -0.3 is 23.7 Å². The molecule has 0 amide bonds. The molecule has 0 unspecified atom stereocenters. The summed E-state index contributed by atoms with van der Waals surface area (Å²) in [6, 6.07) is 11.0. The van der Waals surface area contributed by atoms with Crippen LogP contribution in [0.5, 0.6) is 23.0 Å². The summed E-state index contributed by atoms with van der Waals surface area (Å²) in [6.45, 7) is 0.0857. The Balaban J connectivity index is 1.98. The standard InChI is InChI=1S/C16H12O5/c1-18-13-7-10(17)14(16-15(13)19-8-20-16)12-6-9-4-2-3-5-11(9)21-12/h2-7,17H,8H2,1H3. The van der Waals surface area contributed by atoms with Crippen LogP contribution in [0.2, 0.25) is 0 Å². The van der Waals surface area contributed by atoms with E-state index in [-0.39, 0.29) is 12.5 Å². The van der Waals surface area contributed by atoms with E-state index in [2.05, 4.69) is 0 Å². The van der Waals surface area contributed by atoms with Gasteiger partial charge in [-0.25, -0.2) is 0 Å². The minimum absolute atomic E-state index is 0.0233. The molecule has 0 saturated carbocycles. The number of ether oxygens (including phenoxy) is 3. The molecule has 2 aromatic carbocycles. The van der Waals surface area contributed by atoms with Gasteiger partial charge in [-0.3, -0.25) is 0 Å². The van der Waals surface area contributed by atoms with Gasteiger partial charge in [0.25, 0.3) is 0 Å². The van der Waals surface area contributed by atoms with Gasteiger partial charge in [-0.1, -0.05) is 18.2 Å². The molecule has 21 heavy (non-hydrogen) atoms. The summed E-state index contributed by atoms with van der Waals surface area (Å²) >= 11 is 0. The zero-order valence-corrected chi connectivity index (χ0v) is 11.3. The van der Waals surface area contributed by atoms with E-state index in [1.165, 1.54) is 13.2 Å². The topological polar surface area (TPSA) is 61.1 Å². The quantitative estimate of drug-likeness (QED) is 0.779. The summed E-state index contributed by atoms with van der Waals surface area (Å²) in [5, 5.41) is 11.2. The van der Waals surface area contributed by atoms with Crippen LogP contribution < -0.4 is 14.2 Å². The van der Waals surface area contributed by atoms with Crippen LogP contribution in [-0.2, 0) is 0 Å². The van der Waals surface area contributed by atoms with Gasteiger partial charge in [0.2, 0.25) is 12.5 Å². The second-order valence-electron chi connectivity index (χ2n) is 4.69. The summed E-state index contributed by atoms with van der Waals surface area (Å²) in [5.74, 6) is 1.89. The number of benzene rings is 2. The fourth-order valence-electron chi connectivity index (χ4n) is 2.52. The van der Waals surface area contributed by atoms with Crippen molar-refractivity contribution in [2.24, 2.45) is 0 Å². The van der Waals surface area contributed by atoms with Crippen molar-refractivity contribution in [1.29, 1.82) is 0 Å². The molecule has 0 bridgehead atoms. The van der Waals surface area contributed by atoms with Crippen molar-refractivity contribution in [2.45, 2.75) is 0 Å². The second-order valence-corrected chi connectivity index (χ2v) is 4.69. The Kier molecular flexibility index (Phi) is 2.47. The Bertz CT molecular complexity index is 801. The van der Waals surface area contributed by atoms with Crippen LogP contribution in [0.3, 0.4) is 0 Å². The van der Waals surface area contributed by atoms with Gasteiger partial charge >= 0.3 is 0 Å². The number of phenols is 1. The van der Waals surface area contributed by atoms with Crippen molar-refractivity contribution in [3.05, 3.63) is 36.4 Å². The van der Waals surface area contributed by atoms with E-state index in [4.69, 9.17) is 18.6 Å². The highest BCUT2D eigenvalue weighted by atomic mass is 16.7. The van der Waals surface area contributed by atoms with E-state index in [9.17, 15) is 5.11 Å². The first-order valence-corrected chi connectivity index (χ1v) is 6.46. The predicted molar refractivity (Wildman–Crippen MR) is 76.0 cm³/mol. The van der Waals surface area contributed by atoms with Crippen LogP contribution in [0.1, 0.15) is 0 Å². The molecule has 106 valence electrons. The zero-order chi connectivity index (χ0) is 14.4. The van der Waals surface area contributed by atoms with E-state index in [1.807, 2.05) is 30.3 Å². The van der Waals surface area contributed by atoms with Gasteiger partial charge in [0.1, 0.15) is 22.7 Å². The van der Waals surface area contributed by atoms with Crippen LogP contribution in [-0.4, -0.2) is 19.0 Å². The molecule has 5 heteroatoms. The summed E-state index contributed by atoms with van der Waals surface area (Å²) in [7, 11) is 1.51. The number of rotatable bonds is 2. The summed E-state index contributed by atoms with van der Waals surface area (Å²) in [4.78, 5) is 0. The predicted octanol–water partition coefficient (Wildman–Crippen LogP) is 3.54. The lowest BCUT2D eigenvalue weighted by Crippen LogP contribution is -1.94. The van der Waals surface area contributed by atoms with E-state index >= 15 is 0 Å². The maximum Gasteiger partial charge on any atom is 0.231 e. The minimum Gasteiger partial charge on any atom is -0.507 e. The molecule has 1 N–H and O–H groups in total. The molecule has 1 aromatic heterocycles. The molecular weight excluding hydrogens is 272 g/mol. The highest BCUT2D eigenvalue weighted by Gasteiger charge is 2.28. The van der Waals surface area contributed by atoms with Crippen LogP contribution in [0, 0.1) is 0 Å². The van der Waals surface area contributed by atoms with Crippen molar-refractivity contribution < 1.29 is 23.7 Å². The Morgan fingerprint density at radius 3 is 2.71 bits per heavy atom. The van der Waals surface area contributed by atoms with Crippen LogP contribution in [0.4, 0.5) is 0 Å². The molecule has 2 heterocycles. The second kappa shape index (κ2) is 4.34. The minimum atomic E-state index is 0.0233. The highest BCUT2D eigenvalue weighted by Crippen LogP contribution is 2.52. The molecule has 0 saturated heterocycles. The Morgan fingerprint density at radius 1 is 1.10 bits per heavy atom. The van der Waals surface area contributed by atoms with Crippen molar-refractivity contribution in [2.75, 3.05) is 13.9 Å². The van der Waals surface area contributed by atoms with Crippen molar-refractivity contribution in [1.82, 2.24) is 0 Å². The largest absolute Gasteiger partial charge is 0.507 e. The first kappa shape index (κ1) is 12.0. The number of para-hydroxylation sites is 1. The van der Waals surface area contributed by atoms with Gasteiger partial charge in [-0.15, -0.1) is 0 Å². The van der Waals surface area contributed by atoms with Crippen LogP contribution in [0.25, 0.3) is 22.3 Å². The molecule has 4 rings (SSSR count). The average molecular weight is 284 g/mol. The molecular formula is C16H12O5. The number of aromatic hydroxyl groups is 1.